The van der Waals surface area contributed by atoms with Crippen molar-refractivity contribution in [2.45, 2.75) is 64.1 Å². The number of anilines is 1. The van der Waals surface area contributed by atoms with Gasteiger partial charge in [-0.05, 0) is 67.6 Å². The Morgan fingerprint density at radius 2 is 2.08 bits per heavy atom. The lowest BCUT2D eigenvalue weighted by atomic mass is 9.99. The standard InChI is InChI=1S/C30H41FN4O2S/c1-3-30(36)35(24-10-7-16-33-21-24)26-15-19-34(22-25(26)31)18-14-23-9-5-6-11-27(23)37-28(13-17-32-4-2)29-12-8-20-38-29/h5-12,16,20-21,25-26,28,30,32,36H,3-4,13-15,17-19,22H2,1-2H3/t25-,26+,28+,30?/m0/s1. The quantitative estimate of drug-likeness (QED) is 0.209. The topological polar surface area (TPSA) is 60.9 Å². The van der Waals surface area contributed by atoms with E-state index < -0.39 is 12.4 Å². The third-order valence-corrected chi connectivity index (χ3v) is 8.18. The minimum Gasteiger partial charge on any atom is -0.485 e. The van der Waals surface area contributed by atoms with E-state index in [2.05, 4.69) is 45.7 Å². The number of hydrogen-bond acceptors (Lipinski definition) is 7. The normalized spacial score (nSPS) is 19.7. The smallest absolute Gasteiger partial charge is 0.134 e. The van der Waals surface area contributed by atoms with Crippen LogP contribution in [0.3, 0.4) is 0 Å². The number of ether oxygens (including phenoxy) is 1. The van der Waals surface area contributed by atoms with Crippen LogP contribution in [0, 0.1) is 0 Å². The lowest BCUT2D eigenvalue weighted by Crippen LogP contribution is -2.56. The third-order valence-electron chi connectivity index (χ3n) is 7.21. The van der Waals surface area contributed by atoms with Crippen molar-refractivity contribution in [1.82, 2.24) is 15.2 Å². The third kappa shape index (κ3) is 7.53. The van der Waals surface area contributed by atoms with Crippen LogP contribution < -0.4 is 15.0 Å². The maximum absolute atomic E-state index is 15.6. The predicted octanol–water partition coefficient (Wildman–Crippen LogP) is 5.45. The van der Waals surface area contributed by atoms with Crippen LogP contribution in [0.25, 0.3) is 0 Å². The molecule has 1 saturated heterocycles. The van der Waals surface area contributed by atoms with Gasteiger partial charge in [0.2, 0.25) is 0 Å². The number of rotatable bonds is 14. The highest BCUT2D eigenvalue weighted by Gasteiger charge is 2.36. The van der Waals surface area contributed by atoms with Crippen molar-refractivity contribution < 1.29 is 14.2 Å². The molecule has 1 unspecified atom stereocenters. The molecule has 8 heteroatoms. The van der Waals surface area contributed by atoms with Gasteiger partial charge in [-0.2, -0.15) is 0 Å². The summed E-state index contributed by atoms with van der Waals surface area (Å²) in [4.78, 5) is 9.42. The molecule has 0 saturated carbocycles. The number of likely N-dealkylation sites (tertiary alicyclic amines) is 1. The van der Waals surface area contributed by atoms with Gasteiger partial charge < -0.3 is 20.1 Å². The van der Waals surface area contributed by atoms with Gasteiger partial charge >= 0.3 is 0 Å². The summed E-state index contributed by atoms with van der Waals surface area (Å²) in [6.07, 6.45) is 4.48. The van der Waals surface area contributed by atoms with Crippen LogP contribution in [0.1, 0.15) is 49.7 Å². The van der Waals surface area contributed by atoms with Crippen LogP contribution in [0.4, 0.5) is 10.1 Å². The van der Waals surface area contributed by atoms with Gasteiger partial charge in [0, 0.05) is 37.1 Å². The number of para-hydroxylation sites is 1. The van der Waals surface area contributed by atoms with Crippen molar-refractivity contribution in [3.63, 3.8) is 0 Å². The number of hydrogen-bond donors (Lipinski definition) is 2. The fourth-order valence-electron chi connectivity index (χ4n) is 5.16. The number of nitrogens with one attached hydrogen (secondary N) is 1. The van der Waals surface area contributed by atoms with Crippen molar-refractivity contribution >= 4 is 17.0 Å². The van der Waals surface area contributed by atoms with Gasteiger partial charge in [-0.1, -0.05) is 38.1 Å². The van der Waals surface area contributed by atoms with Crippen molar-refractivity contribution in [2.24, 2.45) is 0 Å². The van der Waals surface area contributed by atoms with Gasteiger partial charge in [0.25, 0.3) is 0 Å². The second kappa shape index (κ2) is 14.6. The number of nitrogens with zero attached hydrogens (tertiary/aromatic N) is 3. The average Bonchev–Trinajstić information content (AvgIpc) is 3.49. The minimum absolute atomic E-state index is 0.00428. The first-order chi connectivity index (χ1) is 18.6. The Kier molecular flexibility index (Phi) is 10.9. The average molecular weight is 541 g/mol. The fourth-order valence-corrected chi connectivity index (χ4v) is 5.95. The SMILES string of the molecule is CCNCC[C@@H](Oc1ccccc1CCN1CC[C@@H](N(c2cccnc2)C(O)CC)[C@@H](F)C1)c1cccs1. The van der Waals surface area contributed by atoms with Gasteiger partial charge in [-0.25, -0.2) is 4.39 Å². The van der Waals surface area contributed by atoms with Crippen LogP contribution >= 0.6 is 11.3 Å². The molecule has 0 amide bonds. The summed E-state index contributed by atoms with van der Waals surface area (Å²) in [7, 11) is 0. The van der Waals surface area contributed by atoms with E-state index in [1.54, 1.807) is 23.7 Å². The molecule has 0 radical (unpaired) electrons. The lowest BCUT2D eigenvalue weighted by molar-refractivity contribution is 0.0804. The van der Waals surface area contributed by atoms with E-state index >= 15 is 4.39 Å². The number of aliphatic hydroxyl groups excluding tert-OH is 1. The van der Waals surface area contributed by atoms with Crippen molar-refractivity contribution in [3.8, 4) is 5.75 Å². The number of benzene rings is 1. The molecule has 1 aliphatic rings. The largest absolute Gasteiger partial charge is 0.485 e. The first kappa shape index (κ1) is 28.5. The van der Waals surface area contributed by atoms with Crippen LogP contribution in [0.5, 0.6) is 5.75 Å². The van der Waals surface area contributed by atoms with Crippen LogP contribution in [-0.4, -0.2) is 66.2 Å². The molecule has 4 rings (SSSR count). The Morgan fingerprint density at radius 1 is 1.21 bits per heavy atom. The zero-order valence-electron chi connectivity index (χ0n) is 22.5. The zero-order chi connectivity index (χ0) is 26.7. The summed E-state index contributed by atoms with van der Waals surface area (Å²) in [5, 5.41) is 16.2. The van der Waals surface area contributed by atoms with E-state index in [4.69, 9.17) is 4.74 Å². The molecule has 2 N–H and O–H groups in total. The first-order valence-electron chi connectivity index (χ1n) is 13.8. The lowest BCUT2D eigenvalue weighted by Gasteiger charge is -2.43. The maximum atomic E-state index is 15.6. The molecule has 0 spiro atoms. The summed E-state index contributed by atoms with van der Waals surface area (Å²) in [6.45, 7) is 7.76. The van der Waals surface area contributed by atoms with Gasteiger partial charge in [-0.3, -0.25) is 9.88 Å². The molecule has 206 valence electrons. The molecule has 2 aromatic heterocycles. The Balaban J connectivity index is 1.38. The van der Waals surface area contributed by atoms with Crippen LogP contribution in [-0.2, 0) is 6.42 Å². The van der Waals surface area contributed by atoms with Crippen molar-refractivity contribution in [1.29, 1.82) is 0 Å². The van der Waals surface area contributed by atoms with Gasteiger partial charge in [0.05, 0.1) is 17.9 Å². The monoisotopic (exact) mass is 540 g/mol. The van der Waals surface area contributed by atoms with Crippen LogP contribution in [0.2, 0.25) is 0 Å². The van der Waals surface area contributed by atoms with E-state index in [0.717, 1.165) is 56.0 Å². The second-order valence-electron chi connectivity index (χ2n) is 9.80. The molecule has 1 aromatic carbocycles. The number of aliphatic hydroxyl groups is 1. The first-order valence-corrected chi connectivity index (χ1v) is 14.7. The molecule has 3 aromatic rings. The van der Waals surface area contributed by atoms with E-state index in [1.165, 1.54) is 4.88 Å². The zero-order valence-corrected chi connectivity index (χ0v) is 23.3. The maximum Gasteiger partial charge on any atom is 0.134 e. The summed E-state index contributed by atoms with van der Waals surface area (Å²) in [5.41, 5.74) is 1.91. The number of piperidine rings is 1. The molecule has 4 atom stereocenters. The number of pyridine rings is 1. The van der Waals surface area contributed by atoms with Gasteiger partial charge in [0.1, 0.15) is 24.3 Å². The molecular formula is C30H41FN4O2S. The van der Waals surface area contributed by atoms with Crippen molar-refractivity contribution in [3.05, 3.63) is 76.7 Å². The van der Waals surface area contributed by atoms with Crippen LogP contribution in [0.15, 0.2) is 66.3 Å². The molecule has 6 nitrogen and oxygen atoms in total. The number of alkyl halides is 1. The highest BCUT2D eigenvalue weighted by Crippen LogP contribution is 2.31. The molecule has 38 heavy (non-hydrogen) atoms. The number of thiophene rings is 1. The van der Waals surface area contributed by atoms with E-state index in [1.807, 2.05) is 42.2 Å². The highest BCUT2D eigenvalue weighted by atomic mass is 32.1. The summed E-state index contributed by atoms with van der Waals surface area (Å²) >= 11 is 1.73. The fraction of sp³-hybridized carbons (Fsp3) is 0.500. The number of halogens is 1. The predicted molar refractivity (Wildman–Crippen MR) is 154 cm³/mol. The molecule has 1 aliphatic heterocycles. The van der Waals surface area contributed by atoms with Gasteiger partial charge in [-0.15, -0.1) is 11.3 Å². The highest BCUT2D eigenvalue weighted by molar-refractivity contribution is 7.10. The Labute approximate surface area is 230 Å². The molecule has 1 fully saturated rings. The Morgan fingerprint density at radius 3 is 2.79 bits per heavy atom. The molecule has 0 aliphatic carbocycles. The molecular weight excluding hydrogens is 499 g/mol. The second-order valence-corrected chi connectivity index (χ2v) is 10.8. The Hall–Kier alpha value is -2.52. The van der Waals surface area contributed by atoms with Gasteiger partial charge in [0.15, 0.2) is 0 Å². The van der Waals surface area contributed by atoms with E-state index in [9.17, 15) is 5.11 Å². The minimum atomic E-state index is -1.06. The summed E-state index contributed by atoms with van der Waals surface area (Å²) in [6, 6.07) is 15.8. The Bertz CT molecular complexity index is 1070. The summed E-state index contributed by atoms with van der Waals surface area (Å²) in [5.74, 6) is 0.905. The molecule has 3 heterocycles. The van der Waals surface area contributed by atoms with Crippen molar-refractivity contribution in [2.75, 3.05) is 37.6 Å². The van der Waals surface area contributed by atoms with E-state index in [0.29, 0.717) is 19.4 Å². The van der Waals surface area contributed by atoms with E-state index in [-0.39, 0.29) is 12.1 Å². The molecule has 0 bridgehead atoms. The number of aromatic nitrogens is 1. The summed E-state index contributed by atoms with van der Waals surface area (Å²) < 4.78 is 22.1.